The Morgan fingerprint density at radius 1 is 0.344 bits per heavy atom. The summed E-state index contributed by atoms with van der Waals surface area (Å²) in [5.41, 5.74) is 20.7. The number of allylic oxidation sites excluding steroid dienone is 3. The zero-order valence-corrected chi connectivity index (χ0v) is 35.2. The van der Waals surface area contributed by atoms with Crippen LogP contribution in [0.4, 0.5) is 0 Å². The fourth-order valence-corrected chi connectivity index (χ4v) is 11.1. The van der Waals surface area contributed by atoms with Crippen LogP contribution in [0.5, 0.6) is 0 Å². The Hall–Kier alpha value is -8.20. The van der Waals surface area contributed by atoms with Crippen molar-refractivity contribution >= 4 is 38.8 Å². The van der Waals surface area contributed by atoms with E-state index in [9.17, 15) is 0 Å². The smallest absolute Gasteiger partial charge is 0.0713 e. The van der Waals surface area contributed by atoms with Gasteiger partial charge < -0.3 is 9.13 Å². The van der Waals surface area contributed by atoms with Crippen LogP contribution in [0.25, 0.3) is 83.5 Å². The molecule has 0 aliphatic heterocycles. The van der Waals surface area contributed by atoms with Gasteiger partial charge in [-0.25, -0.2) is 0 Å². The molecule has 2 aromatic heterocycles. The van der Waals surface area contributed by atoms with E-state index in [-0.39, 0.29) is 0 Å². The maximum atomic E-state index is 2.41. The fraction of sp³-hybridized carbons (Fsp3) is 0.0323. The third kappa shape index (κ3) is 5.39. The van der Waals surface area contributed by atoms with Crippen molar-refractivity contribution in [1.29, 1.82) is 0 Å². The van der Waals surface area contributed by atoms with Crippen LogP contribution in [0.1, 0.15) is 33.5 Å². The Bertz CT molecular complexity index is 3550. The van der Waals surface area contributed by atoms with E-state index in [1.807, 2.05) is 0 Å². The van der Waals surface area contributed by atoms with Crippen LogP contribution in [-0.4, -0.2) is 9.13 Å². The van der Waals surface area contributed by atoms with Gasteiger partial charge >= 0.3 is 0 Å². The number of hydrogen-bond donors (Lipinski definition) is 0. The fourth-order valence-electron chi connectivity index (χ4n) is 11.1. The minimum absolute atomic E-state index is 0.482. The molecule has 0 spiro atoms. The summed E-state index contributed by atoms with van der Waals surface area (Å²) in [6, 6.07) is 81.0. The van der Waals surface area contributed by atoms with E-state index < -0.39 is 5.41 Å². The lowest BCUT2D eigenvalue weighted by atomic mass is 9.67. The summed E-state index contributed by atoms with van der Waals surface area (Å²) in [6.07, 6.45) is 9.74. The number of nitrogens with zero attached hydrogens (tertiary/aromatic N) is 2. The second-order valence-corrected chi connectivity index (χ2v) is 17.2. The molecule has 0 amide bonds. The van der Waals surface area contributed by atoms with Crippen molar-refractivity contribution in [3.05, 3.63) is 270 Å². The molecule has 2 heterocycles. The summed E-state index contributed by atoms with van der Waals surface area (Å²) >= 11 is 0. The molecule has 0 N–H and O–H groups in total. The molecule has 2 aliphatic rings. The first-order valence-electron chi connectivity index (χ1n) is 22.3. The van der Waals surface area contributed by atoms with E-state index >= 15 is 0 Å². The Morgan fingerprint density at radius 2 is 0.750 bits per heavy atom. The largest absolute Gasteiger partial charge is 0.310 e. The summed E-state index contributed by atoms with van der Waals surface area (Å²) in [5, 5.41) is 3.87. The van der Waals surface area contributed by atoms with Crippen LogP contribution < -0.4 is 0 Å². The molecule has 2 heteroatoms. The number of hydrogen-bond acceptors (Lipinski definition) is 0. The molecule has 0 radical (unpaired) electrons. The van der Waals surface area contributed by atoms with Crippen molar-refractivity contribution in [2.45, 2.75) is 11.8 Å². The van der Waals surface area contributed by atoms with E-state index in [0.29, 0.717) is 0 Å². The van der Waals surface area contributed by atoms with Gasteiger partial charge in [0.25, 0.3) is 0 Å². The van der Waals surface area contributed by atoms with Crippen LogP contribution in [0, 0.1) is 0 Å². The van der Waals surface area contributed by atoms with E-state index in [4.69, 9.17) is 0 Å². The van der Waals surface area contributed by atoms with Gasteiger partial charge in [0.15, 0.2) is 0 Å². The maximum absolute atomic E-state index is 2.41. The van der Waals surface area contributed by atoms with Crippen molar-refractivity contribution in [2.75, 3.05) is 0 Å². The van der Waals surface area contributed by atoms with Crippen LogP contribution in [0.2, 0.25) is 0 Å². The number of para-hydroxylation sites is 3. The highest BCUT2D eigenvalue weighted by Gasteiger charge is 2.45. The number of fused-ring (bicyclic) bond motifs is 9. The zero-order valence-electron chi connectivity index (χ0n) is 35.2. The Balaban J connectivity index is 0.872. The molecule has 2 aliphatic carbocycles. The predicted molar refractivity (Wildman–Crippen MR) is 268 cm³/mol. The third-order valence-corrected chi connectivity index (χ3v) is 13.9. The minimum Gasteiger partial charge on any atom is -0.310 e. The highest BCUT2D eigenvalue weighted by molar-refractivity contribution is 6.09. The SMILES string of the molecule is C1=CCc2c(n(-c3ccc(-c4ccc(C5(c6ccc(-c7ccc(-n8c9ccccc9c9ccccc98)cc7)cc6)c6ccccc6-c6ccccc65)cc4)cc3)c3ccccc23)C=C1. The van der Waals surface area contributed by atoms with Crippen molar-refractivity contribution in [2.24, 2.45) is 0 Å². The molecule has 13 rings (SSSR count). The lowest BCUT2D eigenvalue weighted by molar-refractivity contribution is 0.769. The number of aromatic nitrogens is 2. The molecular weight excluding hydrogens is 773 g/mol. The summed E-state index contributed by atoms with van der Waals surface area (Å²) in [7, 11) is 0. The molecule has 0 bridgehead atoms. The average molecular weight is 815 g/mol. The van der Waals surface area contributed by atoms with E-state index in [1.165, 1.54) is 105 Å². The predicted octanol–water partition coefficient (Wildman–Crippen LogP) is 15.6. The highest BCUT2D eigenvalue weighted by atomic mass is 15.0. The van der Waals surface area contributed by atoms with E-state index in [1.54, 1.807) is 0 Å². The van der Waals surface area contributed by atoms with Gasteiger partial charge in [-0.3, -0.25) is 0 Å². The van der Waals surface area contributed by atoms with Crippen molar-refractivity contribution in [1.82, 2.24) is 9.13 Å². The Morgan fingerprint density at radius 3 is 1.27 bits per heavy atom. The van der Waals surface area contributed by atoms with Crippen LogP contribution in [-0.2, 0) is 11.8 Å². The molecular formula is C62H42N2. The van der Waals surface area contributed by atoms with Crippen molar-refractivity contribution < 1.29 is 0 Å². The average Bonchev–Trinajstić information content (AvgIpc) is 3.90. The molecule has 11 aromatic rings. The molecule has 64 heavy (non-hydrogen) atoms. The number of rotatable bonds is 6. The van der Waals surface area contributed by atoms with Gasteiger partial charge in [-0.05, 0) is 116 Å². The summed E-state index contributed by atoms with van der Waals surface area (Å²) in [6.45, 7) is 0. The Kier molecular flexibility index (Phi) is 8.23. The summed E-state index contributed by atoms with van der Waals surface area (Å²) in [5.74, 6) is 0. The second kappa shape index (κ2) is 14.4. The van der Waals surface area contributed by atoms with E-state index in [2.05, 4.69) is 252 Å². The standard InChI is InChI=1S/C62H42N2/c1-2-16-52-53-17-6-11-23-59(53)63(58(52)22-3-1)48-38-30-44(31-39-48)42-26-34-46(35-27-42)62(56-20-9-4-14-50(56)51-15-5-10-21-57(51)62)47-36-28-43(29-37-47)45-32-40-49(41-33-45)64-60-24-12-7-18-54(60)55-19-8-13-25-61(55)64/h1-15,17-41H,16H2. The van der Waals surface area contributed by atoms with Gasteiger partial charge in [0.1, 0.15) is 0 Å². The van der Waals surface area contributed by atoms with Gasteiger partial charge in [-0.15, -0.1) is 0 Å². The van der Waals surface area contributed by atoms with Crippen LogP contribution in [0.15, 0.2) is 237 Å². The van der Waals surface area contributed by atoms with Gasteiger partial charge in [0, 0.05) is 27.5 Å². The molecule has 0 saturated heterocycles. The van der Waals surface area contributed by atoms with Crippen molar-refractivity contribution in [3.63, 3.8) is 0 Å². The van der Waals surface area contributed by atoms with Gasteiger partial charge in [0.2, 0.25) is 0 Å². The topological polar surface area (TPSA) is 9.86 Å². The third-order valence-electron chi connectivity index (χ3n) is 13.9. The summed E-state index contributed by atoms with van der Waals surface area (Å²) in [4.78, 5) is 0. The van der Waals surface area contributed by atoms with Crippen LogP contribution >= 0.6 is 0 Å². The van der Waals surface area contributed by atoms with E-state index in [0.717, 1.165) is 12.1 Å². The quantitative estimate of drug-likeness (QED) is 0.158. The molecule has 9 aromatic carbocycles. The Labute approximate surface area is 373 Å². The van der Waals surface area contributed by atoms with Gasteiger partial charge in [-0.2, -0.15) is 0 Å². The molecule has 0 fully saturated rings. The molecule has 2 nitrogen and oxygen atoms in total. The molecule has 300 valence electrons. The zero-order chi connectivity index (χ0) is 42.2. The normalized spacial score (nSPS) is 13.6. The first kappa shape index (κ1) is 36.5. The second-order valence-electron chi connectivity index (χ2n) is 17.2. The highest BCUT2D eigenvalue weighted by Crippen LogP contribution is 2.56. The lowest BCUT2D eigenvalue weighted by Gasteiger charge is -2.34. The first-order chi connectivity index (χ1) is 31.8. The minimum atomic E-state index is -0.482. The molecule has 0 unspecified atom stereocenters. The van der Waals surface area contributed by atoms with Gasteiger partial charge in [-0.1, -0.05) is 194 Å². The monoisotopic (exact) mass is 814 g/mol. The maximum Gasteiger partial charge on any atom is 0.0713 e. The van der Waals surface area contributed by atoms with Gasteiger partial charge in [0.05, 0.1) is 27.7 Å². The molecule has 0 saturated carbocycles. The van der Waals surface area contributed by atoms with Crippen LogP contribution in [0.3, 0.4) is 0 Å². The summed E-state index contributed by atoms with van der Waals surface area (Å²) < 4.78 is 4.79. The number of benzene rings is 9. The first-order valence-corrected chi connectivity index (χ1v) is 22.3. The lowest BCUT2D eigenvalue weighted by Crippen LogP contribution is -2.28. The van der Waals surface area contributed by atoms with Crippen molar-refractivity contribution in [3.8, 4) is 44.8 Å². The molecule has 0 atom stereocenters.